The molecular weight excluding hydrogens is 124 g/mol. The van der Waals surface area contributed by atoms with E-state index in [0.717, 1.165) is 11.8 Å². The maximum absolute atomic E-state index is 10.2. The van der Waals surface area contributed by atoms with Crippen LogP contribution in [0, 0.1) is 6.26 Å². The van der Waals surface area contributed by atoms with Crippen LogP contribution in [0.15, 0.2) is 11.5 Å². The Morgan fingerprint density at radius 2 is 2.12 bits per heavy atom. The van der Waals surface area contributed by atoms with Crippen molar-refractivity contribution in [2.24, 2.45) is 0 Å². The van der Waals surface area contributed by atoms with Gasteiger partial charge in [0.25, 0.3) is 0 Å². The van der Waals surface area contributed by atoms with E-state index in [1.54, 1.807) is 6.08 Å². The van der Waals surface area contributed by atoms with Gasteiger partial charge in [0.1, 0.15) is 0 Å². The van der Waals surface area contributed by atoms with Gasteiger partial charge in [0.15, 0.2) is 9.84 Å². The van der Waals surface area contributed by atoms with Gasteiger partial charge in [-0.05, 0) is 6.42 Å². The minimum Gasteiger partial charge on any atom is -0.224 e. The summed E-state index contributed by atoms with van der Waals surface area (Å²) in [6.45, 7) is 1.86. The highest BCUT2D eigenvalue weighted by atomic mass is 32.2. The van der Waals surface area contributed by atoms with Gasteiger partial charge < -0.3 is 0 Å². The van der Waals surface area contributed by atoms with Crippen molar-refractivity contribution in [2.75, 3.05) is 0 Å². The van der Waals surface area contributed by atoms with Crippen LogP contribution in [0.4, 0.5) is 0 Å². The summed E-state index contributed by atoms with van der Waals surface area (Å²) in [5.74, 6) is 0. The SMILES string of the molecule is [CH2]S(=O)(=O)C=CCC. The summed E-state index contributed by atoms with van der Waals surface area (Å²) in [4.78, 5) is 0. The molecule has 0 aromatic rings. The zero-order valence-electron chi connectivity index (χ0n) is 4.79. The summed E-state index contributed by atoms with van der Waals surface area (Å²) < 4.78 is 20.4. The molecule has 0 fully saturated rings. The van der Waals surface area contributed by atoms with Crippen molar-refractivity contribution in [1.29, 1.82) is 0 Å². The van der Waals surface area contributed by atoms with Crippen molar-refractivity contribution in [3.8, 4) is 0 Å². The molecule has 47 valence electrons. The molecule has 0 aliphatic carbocycles. The highest BCUT2D eigenvalue weighted by Crippen LogP contribution is 1.88. The second kappa shape index (κ2) is 2.87. The highest BCUT2D eigenvalue weighted by Gasteiger charge is 1.89. The lowest BCUT2D eigenvalue weighted by molar-refractivity contribution is 0.612. The van der Waals surface area contributed by atoms with Gasteiger partial charge in [-0.2, -0.15) is 0 Å². The van der Waals surface area contributed by atoms with E-state index in [1.807, 2.05) is 6.92 Å². The molecular formula is C5H9O2S. The smallest absolute Gasteiger partial charge is 0.172 e. The summed E-state index contributed by atoms with van der Waals surface area (Å²) in [6, 6.07) is 0. The van der Waals surface area contributed by atoms with Gasteiger partial charge in [-0.25, -0.2) is 8.42 Å². The summed E-state index contributed by atoms with van der Waals surface area (Å²) >= 11 is 0. The first kappa shape index (κ1) is 7.69. The van der Waals surface area contributed by atoms with E-state index in [1.165, 1.54) is 0 Å². The van der Waals surface area contributed by atoms with Crippen LogP contribution < -0.4 is 0 Å². The molecule has 0 atom stereocenters. The van der Waals surface area contributed by atoms with Crippen LogP contribution >= 0.6 is 0 Å². The fraction of sp³-hybridized carbons (Fsp3) is 0.400. The monoisotopic (exact) mass is 133 g/mol. The van der Waals surface area contributed by atoms with E-state index in [-0.39, 0.29) is 0 Å². The van der Waals surface area contributed by atoms with E-state index in [2.05, 4.69) is 6.26 Å². The van der Waals surface area contributed by atoms with Gasteiger partial charge in [-0.3, -0.25) is 0 Å². The molecule has 0 amide bonds. The Hall–Kier alpha value is -0.310. The third-order valence-electron chi connectivity index (χ3n) is 0.539. The van der Waals surface area contributed by atoms with Crippen LogP contribution in [0.2, 0.25) is 0 Å². The second-order valence-electron chi connectivity index (χ2n) is 1.44. The Bertz CT molecular complexity index is 165. The van der Waals surface area contributed by atoms with E-state index < -0.39 is 9.84 Å². The van der Waals surface area contributed by atoms with Crippen LogP contribution in [-0.2, 0) is 9.84 Å². The van der Waals surface area contributed by atoms with E-state index in [4.69, 9.17) is 0 Å². The zero-order valence-corrected chi connectivity index (χ0v) is 5.61. The van der Waals surface area contributed by atoms with Crippen molar-refractivity contribution in [3.63, 3.8) is 0 Å². The third kappa shape index (κ3) is 5.69. The molecule has 1 radical (unpaired) electrons. The van der Waals surface area contributed by atoms with Crippen LogP contribution in [0.3, 0.4) is 0 Å². The molecule has 0 aliphatic rings. The van der Waals surface area contributed by atoms with Crippen LogP contribution in [0.1, 0.15) is 13.3 Å². The van der Waals surface area contributed by atoms with Crippen molar-refractivity contribution in [2.45, 2.75) is 13.3 Å². The lowest BCUT2D eigenvalue weighted by atomic mass is 10.5. The number of hydrogen-bond donors (Lipinski definition) is 0. The first-order valence-corrected chi connectivity index (χ1v) is 4.02. The molecule has 0 saturated heterocycles. The Morgan fingerprint density at radius 1 is 1.62 bits per heavy atom. The molecule has 8 heavy (non-hydrogen) atoms. The second-order valence-corrected chi connectivity index (χ2v) is 3.04. The van der Waals surface area contributed by atoms with Crippen LogP contribution in [0.25, 0.3) is 0 Å². The summed E-state index contributed by atoms with van der Waals surface area (Å²) in [5.41, 5.74) is 0. The van der Waals surface area contributed by atoms with Gasteiger partial charge >= 0.3 is 0 Å². The fourth-order valence-corrected chi connectivity index (χ4v) is 0.729. The maximum atomic E-state index is 10.2. The number of sulfone groups is 1. The Morgan fingerprint density at radius 3 is 2.25 bits per heavy atom. The van der Waals surface area contributed by atoms with E-state index in [9.17, 15) is 8.42 Å². The first-order valence-electron chi connectivity index (χ1n) is 2.31. The van der Waals surface area contributed by atoms with Crippen molar-refractivity contribution in [3.05, 3.63) is 17.7 Å². The van der Waals surface area contributed by atoms with Gasteiger partial charge in [0.2, 0.25) is 0 Å². The average molecular weight is 133 g/mol. The molecule has 0 heterocycles. The lowest BCUT2D eigenvalue weighted by Crippen LogP contribution is -1.82. The van der Waals surface area contributed by atoms with E-state index in [0.29, 0.717) is 0 Å². The number of allylic oxidation sites excluding steroid dienone is 1. The van der Waals surface area contributed by atoms with Crippen molar-refractivity contribution < 1.29 is 8.42 Å². The predicted molar refractivity (Wildman–Crippen MR) is 33.7 cm³/mol. The molecule has 0 aromatic carbocycles. The molecule has 0 N–H and O–H groups in total. The Labute approximate surface area is 50.1 Å². The molecule has 0 bridgehead atoms. The standard InChI is InChI=1S/C5H9O2S/c1-3-4-5-8(2,6)7/h4-5H,2-3H2,1H3. The normalized spacial score (nSPS) is 12.8. The Balaban J connectivity index is 3.92. The summed E-state index contributed by atoms with van der Waals surface area (Å²) in [6.07, 6.45) is 5.18. The topological polar surface area (TPSA) is 34.1 Å². The minimum atomic E-state index is -3.12. The molecule has 0 unspecified atom stereocenters. The minimum absolute atomic E-state index is 0.731. The quantitative estimate of drug-likeness (QED) is 0.565. The maximum Gasteiger partial charge on any atom is 0.172 e. The van der Waals surface area contributed by atoms with Crippen LogP contribution in [0.5, 0.6) is 0 Å². The number of rotatable bonds is 2. The summed E-state index contributed by atoms with van der Waals surface area (Å²) in [7, 11) is -3.12. The lowest BCUT2D eigenvalue weighted by Gasteiger charge is -1.80. The van der Waals surface area contributed by atoms with Crippen LogP contribution in [-0.4, -0.2) is 8.42 Å². The molecule has 0 spiro atoms. The zero-order chi connectivity index (χ0) is 6.62. The van der Waals surface area contributed by atoms with Gasteiger partial charge in [-0.15, -0.1) is 0 Å². The predicted octanol–water partition coefficient (Wildman–Crippen LogP) is 1.12. The van der Waals surface area contributed by atoms with Crippen molar-refractivity contribution >= 4 is 9.84 Å². The molecule has 0 aromatic heterocycles. The van der Waals surface area contributed by atoms with E-state index >= 15 is 0 Å². The highest BCUT2D eigenvalue weighted by molar-refractivity contribution is 7.95. The largest absolute Gasteiger partial charge is 0.224 e. The van der Waals surface area contributed by atoms with Gasteiger partial charge in [0.05, 0.1) is 6.26 Å². The molecule has 0 aliphatic heterocycles. The molecule has 3 heteroatoms. The molecule has 2 nitrogen and oxygen atoms in total. The first-order chi connectivity index (χ1) is 3.56. The Kier molecular flexibility index (Phi) is 2.76. The van der Waals surface area contributed by atoms with Gasteiger partial charge in [-0.1, -0.05) is 13.0 Å². The van der Waals surface area contributed by atoms with Gasteiger partial charge in [0, 0.05) is 5.41 Å². The summed E-state index contributed by atoms with van der Waals surface area (Å²) in [5, 5.41) is 1.10. The third-order valence-corrected chi connectivity index (χ3v) is 1.15. The fourth-order valence-electron chi connectivity index (χ4n) is 0.243. The molecule has 0 rings (SSSR count). The molecule has 0 saturated carbocycles. The average Bonchev–Trinajstić information content (AvgIpc) is 1.59. The number of hydrogen-bond acceptors (Lipinski definition) is 2. The van der Waals surface area contributed by atoms with Crippen molar-refractivity contribution in [1.82, 2.24) is 0 Å².